The minimum atomic E-state index is -1.08. The summed E-state index contributed by atoms with van der Waals surface area (Å²) in [6.45, 7) is 5.20. The molecule has 1 atom stereocenters. The summed E-state index contributed by atoms with van der Waals surface area (Å²) in [7, 11) is 1.55. The Hall–Kier alpha value is -2.35. The smallest absolute Gasteiger partial charge is 0.264 e. The van der Waals surface area contributed by atoms with Gasteiger partial charge in [0.15, 0.2) is 17.1 Å². The van der Waals surface area contributed by atoms with Crippen molar-refractivity contribution in [1.29, 1.82) is 0 Å². The van der Waals surface area contributed by atoms with Crippen LogP contribution < -0.4 is 20.5 Å². The van der Waals surface area contributed by atoms with Gasteiger partial charge in [0.2, 0.25) is 5.13 Å². The fourth-order valence-corrected chi connectivity index (χ4v) is 2.49. The Kier molecular flexibility index (Phi) is 5.05. The highest BCUT2D eigenvalue weighted by Crippen LogP contribution is 2.30. The number of methoxy groups -OCH3 is 1. The lowest BCUT2D eigenvalue weighted by molar-refractivity contribution is -0.135. The van der Waals surface area contributed by atoms with Crippen molar-refractivity contribution in [3.63, 3.8) is 0 Å². The van der Waals surface area contributed by atoms with Gasteiger partial charge in [0.05, 0.1) is 13.2 Å². The molecule has 0 radical (unpaired) electrons. The van der Waals surface area contributed by atoms with Gasteiger partial charge in [0.25, 0.3) is 5.91 Å². The van der Waals surface area contributed by atoms with E-state index < -0.39 is 5.60 Å². The van der Waals surface area contributed by atoms with E-state index in [1.165, 1.54) is 11.3 Å². The van der Waals surface area contributed by atoms with Crippen molar-refractivity contribution >= 4 is 22.4 Å². The second kappa shape index (κ2) is 6.82. The van der Waals surface area contributed by atoms with Crippen LogP contribution in [-0.4, -0.2) is 28.8 Å². The Morgan fingerprint density at radius 1 is 1.30 bits per heavy atom. The molecule has 0 saturated carbocycles. The molecule has 2 rings (SSSR count). The molecule has 1 heterocycles. The van der Waals surface area contributed by atoms with Gasteiger partial charge in [0, 0.05) is 0 Å². The molecular weight excluding hydrogens is 316 g/mol. The van der Waals surface area contributed by atoms with Gasteiger partial charge in [-0.15, -0.1) is 10.2 Å². The molecule has 0 spiro atoms. The second-order valence-corrected chi connectivity index (χ2v) is 6.48. The predicted molar refractivity (Wildman–Crippen MR) is 88.6 cm³/mol. The average Bonchev–Trinajstić information content (AvgIpc) is 2.94. The van der Waals surface area contributed by atoms with Crippen molar-refractivity contribution in [2.45, 2.75) is 32.4 Å². The van der Waals surface area contributed by atoms with E-state index in [0.717, 1.165) is 0 Å². The van der Waals surface area contributed by atoms with Crippen LogP contribution in [0.15, 0.2) is 24.3 Å². The number of benzene rings is 1. The Bertz CT molecular complexity index is 687. The van der Waals surface area contributed by atoms with E-state index >= 15 is 0 Å². The van der Waals surface area contributed by atoms with Crippen LogP contribution in [0.2, 0.25) is 0 Å². The number of nitrogens with zero attached hydrogens (tertiary/aromatic N) is 2. The van der Waals surface area contributed by atoms with E-state index in [2.05, 4.69) is 15.5 Å². The summed E-state index contributed by atoms with van der Waals surface area (Å²) in [4.78, 5) is 12.5. The molecule has 2 aromatic rings. The molecule has 0 saturated heterocycles. The van der Waals surface area contributed by atoms with Crippen LogP contribution in [0.1, 0.15) is 31.8 Å². The standard InChI is InChI=1S/C15H20N4O3S/c1-9(12-18-19-14(16)23-12)17-13(20)15(2,3)22-11-8-6-5-7-10(11)21-4/h5-9H,1-4H3,(H2,16,19)(H,17,20). The van der Waals surface area contributed by atoms with Gasteiger partial charge in [-0.3, -0.25) is 4.79 Å². The van der Waals surface area contributed by atoms with Gasteiger partial charge < -0.3 is 20.5 Å². The number of carbonyl (C=O) groups is 1. The molecule has 0 aliphatic carbocycles. The van der Waals surface area contributed by atoms with E-state index in [4.69, 9.17) is 15.2 Å². The van der Waals surface area contributed by atoms with Gasteiger partial charge in [0.1, 0.15) is 5.01 Å². The van der Waals surface area contributed by atoms with Gasteiger partial charge in [-0.1, -0.05) is 23.5 Å². The molecule has 0 fully saturated rings. The fourth-order valence-electron chi connectivity index (χ4n) is 1.88. The summed E-state index contributed by atoms with van der Waals surface area (Å²) in [6.07, 6.45) is 0. The van der Waals surface area contributed by atoms with Crippen LogP contribution in [0.3, 0.4) is 0 Å². The third kappa shape index (κ3) is 4.10. The highest BCUT2D eigenvalue weighted by molar-refractivity contribution is 7.15. The lowest BCUT2D eigenvalue weighted by atomic mass is 10.1. The van der Waals surface area contributed by atoms with Crippen molar-refractivity contribution in [2.24, 2.45) is 0 Å². The molecule has 3 N–H and O–H groups in total. The molecule has 124 valence electrons. The first kappa shape index (κ1) is 17.0. The number of amides is 1. The van der Waals surface area contributed by atoms with E-state index in [1.54, 1.807) is 33.1 Å². The zero-order valence-corrected chi connectivity index (χ0v) is 14.3. The Balaban J connectivity index is 2.07. The van der Waals surface area contributed by atoms with Crippen LogP contribution in [0, 0.1) is 0 Å². The third-order valence-corrected chi connectivity index (χ3v) is 4.09. The molecule has 0 bridgehead atoms. The molecule has 1 amide bonds. The monoisotopic (exact) mass is 336 g/mol. The maximum absolute atomic E-state index is 12.5. The largest absolute Gasteiger partial charge is 0.493 e. The zero-order valence-electron chi connectivity index (χ0n) is 13.5. The van der Waals surface area contributed by atoms with Crippen molar-refractivity contribution < 1.29 is 14.3 Å². The number of nitrogens with two attached hydrogens (primary N) is 1. The summed E-state index contributed by atoms with van der Waals surface area (Å²) < 4.78 is 11.1. The fraction of sp³-hybridized carbons (Fsp3) is 0.400. The molecule has 8 heteroatoms. The van der Waals surface area contributed by atoms with Crippen LogP contribution >= 0.6 is 11.3 Å². The predicted octanol–water partition coefficient (Wildman–Crippen LogP) is 2.16. The Labute approximate surface area is 138 Å². The first-order valence-corrected chi connectivity index (χ1v) is 7.87. The van der Waals surface area contributed by atoms with Gasteiger partial charge in [-0.25, -0.2) is 0 Å². The highest BCUT2D eigenvalue weighted by atomic mass is 32.1. The molecule has 1 aromatic heterocycles. The van der Waals surface area contributed by atoms with Gasteiger partial charge >= 0.3 is 0 Å². The molecule has 1 aromatic carbocycles. The van der Waals surface area contributed by atoms with Crippen LogP contribution in [-0.2, 0) is 4.79 Å². The maximum Gasteiger partial charge on any atom is 0.264 e. The topological polar surface area (TPSA) is 99.4 Å². The van der Waals surface area contributed by atoms with E-state index in [-0.39, 0.29) is 11.9 Å². The zero-order chi connectivity index (χ0) is 17.0. The number of hydrogen-bond acceptors (Lipinski definition) is 7. The van der Waals surface area contributed by atoms with E-state index in [0.29, 0.717) is 21.6 Å². The average molecular weight is 336 g/mol. The minimum absolute atomic E-state index is 0.273. The lowest BCUT2D eigenvalue weighted by Gasteiger charge is -2.27. The number of hydrogen-bond donors (Lipinski definition) is 2. The number of carbonyl (C=O) groups excluding carboxylic acids is 1. The SMILES string of the molecule is COc1ccccc1OC(C)(C)C(=O)NC(C)c1nnc(N)s1. The Morgan fingerprint density at radius 2 is 1.96 bits per heavy atom. The van der Waals surface area contributed by atoms with E-state index in [9.17, 15) is 4.79 Å². The summed E-state index contributed by atoms with van der Waals surface area (Å²) in [5.41, 5.74) is 4.48. The number of nitrogen functional groups attached to an aromatic ring is 1. The summed E-state index contributed by atoms with van der Waals surface area (Å²) in [5.74, 6) is 0.797. The number of anilines is 1. The minimum Gasteiger partial charge on any atom is -0.493 e. The summed E-state index contributed by atoms with van der Waals surface area (Å²) in [6, 6.07) is 6.87. The van der Waals surface area contributed by atoms with Gasteiger partial charge in [-0.05, 0) is 32.9 Å². The third-order valence-electron chi connectivity index (χ3n) is 3.16. The molecular formula is C15H20N4O3S. The normalized spacial score (nSPS) is 12.5. The van der Waals surface area contributed by atoms with Crippen molar-refractivity contribution in [3.8, 4) is 11.5 Å². The van der Waals surface area contributed by atoms with E-state index in [1.807, 2.05) is 19.1 Å². The number of para-hydroxylation sites is 2. The van der Waals surface area contributed by atoms with Crippen molar-refractivity contribution in [2.75, 3.05) is 12.8 Å². The van der Waals surface area contributed by atoms with Crippen LogP contribution in [0.5, 0.6) is 11.5 Å². The maximum atomic E-state index is 12.5. The summed E-state index contributed by atoms with van der Waals surface area (Å²) in [5, 5.41) is 11.5. The number of rotatable bonds is 6. The summed E-state index contributed by atoms with van der Waals surface area (Å²) >= 11 is 1.24. The van der Waals surface area contributed by atoms with Crippen molar-refractivity contribution in [1.82, 2.24) is 15.5 Å². The first-order chi connectivity index (χ1) is 10.8. The highest BCUT2D eigenvalue weighted by Gasteiger charge is 2.32. The number of nitrogens with one attached hydrogen (secondary N) is 1. The first-order valence-electron chi connectivity index (χ1n) is 7.05. The molecule has 1 unspecified atom stereocenters. The van der Waals surface area contributed by atoms with Crippen LogP contribution in [0.25, 0.3) is 0 Å². The number of aromatic nitrogens is 2. The van der Waals surface area contributed by atoms with Gasteiger partial charge in [-0.2, -0.15) is 0 Å². The lowest BCUT2D eigenvalue weighted by Crippen LogP contribution is -2.47. The second-order valence-electron chi connectivity index (χ2n) is 5.44. The molecule has 7 nitrogen and oxygen atoms in total. The van der Waals surface area contributed by atoms with Crippen molar-refractivity contribution in [3.05, 3.63) is 29.3 Å². The molecule has 0 aliphatic rings. The van der Waals surface area contributed by atoms with Crippen LogP contribution in [0.4, 0.5) is 5.13 Å². The Morgan fingerprint density at radius 3 is 2.52 bits per heavy atom. The molecule has 23 heavy (non-hydrogen) atoms. The molecule has 0 aliphatic heterocycles. The number of ether oxygens (including phenoxy) is 2. The quantitative estimate of drug-likeness (QED) is 0.838.